The molecule has 0 amide bonds. The number of phenols is 2. The Morgan fingerprint density at radius 3 is 2.62 bits per heavy atom. The number of aliphatic hydroxyl groups is 1. The van der Waals surface area contributed by atoms with Gasteiger partial charge in [-0.2, -0.15) is 0 Å². The van der Waals surface area contributed by atoms with Crippen LogP contribution in [0.25, 0.3) is 0 Å². The first-order valence-corrected chi connectivity index (χ1v) is 5.32. The summed E-state index contributed by atoms with van der Waals surface area (Å²) in [6.07, 6.45) is -0.695. The van der Waals surface area contributed by atoms with Crippen molar-refractivity contribution in [1.29, 1.82) is 0 Å². The monoisotopic (exact) mass is 224 g/mol. The van der Waals surface area contributed by atoms with Crippen molar-refractivity contribution in [3.63, 3.8) is 0 Å². The van der Waals surface area contributed by atoms with Crippen LogP contribution in [0.4, 0.5) is 0 Å². The van der Waals surface area contributed by atoms with Gasteiger partial charge in [-0.15, -0.1) is 0 Å². The van der Waals surface area contributed by atoms with E-state index < -0.39 is 6.10 Å². The highest BCUT2D eigenvalue weighted by molar-refractivity contribution is 5.41. The van der Waals surface area contributed by atoms with Crippen LogP contribution in [0.15, 0.2) is 18.2 Å². The van der Waals surface area contributed by atoms with Crippen molar-refractivity contribution in [2.24, 2.45) is 0 Å². The van der Waals surface area contributed by atoms with Gasteiger partial charge in [0.25, 0.3) is 0 Å². The van der Waals surface area contributed by atoms with Gasteiger partial charge >= 0.3 is 0 Å². The standard InChI is InChI=1S/C11H16N2O3/c14-9-2-1-7(5-10(9)15)11(16)8-6-12-3-4-13-8/h1-2,5,8,11-16H,3-4,6H2/t8-,11+/m0/s1. The van der Waals surface area contributed by atoms with E-state index in [0.717, 1.165) is 13.1 Å². The minimum Gasteiger partial charge on any atom is -0.504 e. The van der Waals surface area contributed by atoms with Crippen LogP contribution in [-0.2, 0) is 0 Å². The third kappa shape index (κ3) is 2.27. The molecule has 0 bridgehead atoms. The molecule has 0 aliphatic carbocycles. The van der Waals surface area contributed by atoms with Crippen molar-refractivity contribution >= 4 is 0 Å². The molecule has 1 aliphatic heterocycles. The summed E-state index contributed by atoms with van der Waals surface area (Å²) < 4.78 is 0. The molecule has 1 saturated heterocycles. The van der Waals surface area contributed by atoms with E-state index in [2.05, 4.69) is 10.6 Å². The SMILES string of the molecule is Oc1ccc([C@@H](O)[C@@H]2CNCCN2)cc1O. The lowest BCUT2D eigenvalue weighted by molar-refractivity contribution is 0.119. The van der Waals surface area contributed by atoms with Crippen molar-refractivity contribution in [1.82, 2.24) is 10.6 Å². The second-order valence-corrected chi connectivity index (χ2v) is 3.96. The maximum Gasteiger partial charge on any atom is 0.157 e. The zero-order valence-electron chi connectivity index (χ0n) is 8.85. The van der Waals surface area contributed by atoms with Gasteiger partial charge in [-0.25, -0.2) is 0 Å². The fourth-order valence-electron chi connectivity index (χ4n) is 1.86. The molecule has 5 N–H and O–H groups in total. The third-order valence-corrected chi connectivity index (χ3v) is 2.79. The van der Waals surface area contributed by atoms with Crippen LogP contribution < -0.4 is 10.6 Å². The summed E-state index contributed by atoms with van der Waals surface area (Å²) in [6.45, 7) is 2.39. The molecule has 1 aromatic carbocycles. The van der Waals surface area contributed by atoms with Crippen LogP contribution in [0, 0.1) is 0 Å². The largest absolute Gasteiger partial charge is 0.504 e. The number of aromatic hydroxyl groups is 2. The third-order valence-electron chi connectivity index (χ3n) is 2.79. The summed E-state index contributed by atoms with van der Waals surface area (Å²) in [7, 11) is 0. The molecular formula is C11H16N2O3. The maximum absolute atomic E-state index is 10.1. The molecule has 0 saturated carbocycles. The molecule has 0 radical (unpaired) electrons. The van der Waals surface area contributed by atoms with Gasteiger partial charge in [0.1, 0.15) is 0 Å². The zero-order valence-corrected chi connectivity index (χ0v) is 8.85. The molecule has 2 rings (SSSR count). The molecule has 5 nitrogen and oxygen atoms in total. The van der Waals surface area contributed by atoms with Gasteiger partial charge < -0.3 is 26.0 Å². The number of hydrogen-bond donors (Lipinski definition) is 5. The molecule has 16 heavy (non-hydrogen) atoms. The first-order chi connectivity index (χ1) is 7.68. The average molecular weight is 224 g/mol. The Kier molecular flexibility index (Phi) is 3.28. The number of phenolic OH excluding ortho intramolecular Hbond substituents is 2. The molecule has 1 aromatic rings. The number of nitrogens with one attached hydrogen (secondary N) is 2. The smallest absolute Gasteiger partial charge is 0.157 e. The quantitative estimate of drug-likeness (QED) is 0.445. The highest BCUT2D eigenvalue weighted by atomic mass is 16.3. The van der Waals surface area contributed by atoms with Crippen molar-refractivity contribution < 1.29 is 15.3 Å². The van der Waals surface area contributed by atoms with Gasteiger partial charge in [-0.05, 0) is 17.7 Å². The van der Waals surface area contributed by atoms with Gasteiger partial charge in [0.15, 0.2) is 11.5 Å². The molecule has 88 valence electrons. The van der Waals surface area contributed by atoms with Crippen molar-refractivity contribution in [3.8, 4) is 11.5 Å². The topological polar surface area (TPSA) is 84.8 Å². The Hall–Kier alpha value is -1.30. The number of benzene rings is 1. The summed E-state index contributed by atoms with van der Waals surface area (Å²) in [5, 5.41) is 35.0. The lowest BCUT2D eigenvalue weighted by Crippen LogP contribution is -2.51. The van der Waals surface area contributed by atoms with E-state index >= 15 is 0 Å². The molecular weight excluding hydrogens is 208 g/mol. The molecule has 0 aromatic heterocycles. The number of hydrogen-bond acceptors (Lipinski definition) is 5. The van der Waals surface area contributed by atoms with Gasteiger partial charge in [-0.1, -0.05) is 6.07 Å². The summed E-state index contributed by atoms with van der Waals surface area (Å²) in [4.78, 5) is 0. The minimum atomic E-state index is -0.695. The van der Waals surface area contributed by atoms with Gasteiger partial charge in [0.05, 0.1) is 6.10 Å². The lowest BCUT2D eigenvalue weighted by atomic mass is 10.0. The number of piperazine rings is 1. The summed E-state index contributed by atoms with van der Waals surface area (Å²) >= 11 is 0. The molecule has 1 heterocycles. The highest BCUT2D eigenvalue weighted by Crippen LogP contribution is 2.28. The highest BCUT2D eigenvalue weighted by Gasteiger charge is 2.22. The Morgan fingerprint density at radius 1 is 1.19 bits per heavy atom. The second kappa shape index (κ2) is 4.69. The lowest BCUT2D eigenvalue weighted by Gasteiger charge is -2.29. The first-order valence-electron chi connectivity index (χ1n) is 5.32. The van der Waals surface area contributed by atoms with Gasteiger partial charge in [-0.3, -0.25) is 0 Å². The van der Waals surface area contributed by atoms with E-state index in [1.165, 1.54) is 12.1 Å². The molecule has 1 aliphatic rings. The van der Waals surface area contributed by atoms with Crippen molar-refractivity contribution in [2.45, 2.75) is 12.1 Å². The number of rotatable bonds is 2. The van der Waals surface area contributed by atoms with Gasteiger partial charge in [0.2, 0.25) is 0 Å². The fourth-order valence-corrected chi connectivity index (χ4v) is 1.86. The fraction of sp³-hybridized carbons (Fsp3) is 0.455. The number of aliphatic hydroxyl groups excluding tert-OH is 1. The Morgan fingerprint density at radius 2 is 2.00 bits per heavy atom. The zero-order chi connectivity index (χ0) is 11.5. The van der Waals surface area contributed by atoms with Crippen LogP contribution in [0.2, 0.25) is 0 Å². The van der Waals surface area contributed by atoms with E-state index in [0.29, 0.717) is 12.1 Å². The van der Waals surface area contributed by atoms with E-state index in [1.807, 2.05) is 0 Å². The molecule has 5 heteroatoms. The Labute approximate surface area is 93.7 Å². The summed E-state index contributed by atoms with van der Waals surface area (Å²) in [5.41, 5.74) is 0.594. The van der Waals surface area contributed by atoms with E-state index in [4.69, 9.17) is 0 Å². The van der Waals surface area contributed by atoms with Crippen LogP contribution in [0.1, 0.15) is 11.7 Å². The van der Waals surface area contributed by atoms with Crippen LogP contribution >= 0.6 is 0 Å². The molecule has 0 unspecified atom stereocenters. The van der Waals surface area contributed by atoms with Gasteiger partial charge in [0, 0.05) is 25.7 Å². The van der Waals surface area contributed by atoms with E-state index in [-0.39, 0.29) is 17.5 Å². The maximum atomic E-state index is 10.1. The predicted molar refractivity (Wildman–Crippen MR) is 59.4 cm³/mol. The normalized spacial score (nSPS) is 22.9. The predicted octanol–water partition coefficient (Wildman–Crippen LogP) is -0.307. The first kappa shape index (κ1) is 11.2. The molecule has 2 atom stereocenters. The van der Waals surface area contributed by atoms with Crippen LogP contribution in [0.3, 0.4) is 0 Å². The Bertz CT molecular complexity index is 364. The van der Waals surface area contributed by atoms with E-state index in [1.54, 1.807) is 6.07 Å². The van der Waals surface area contributed by atoms with Crippen LogP contribution in [-0.4, -0.2) is 41.0 Å². The van der Waals surface area contributed by atoms with Crippen LogP contribution in [0.5, 0.6) is 11.5 Å². The van der Waals surface area contributed by atoms with Crippen molar-refractivity contribution in [3.05, 3.63) is 23.8 Å². The van der Waals surface area contributed by atoms with Crippen molar-refractivity contribution in [2.75, 3.05) is 19.6 Å². The van der Waals surface area contributed by atoms with E-state index in [9.17, 15) is 15.3 Å². The molecule has 0 spiro atoms. The summed E-state index contributed by atoms with van der Waals surface area (Å²) in [5.74, 6) is -0.383. The Balaban J connectivity index is 2.12. The minimum absolute atomic E-state index is 0.0716. The molecule has 1 fully saturated rings. The second-order valence-electron chi connectivity index (χ2n) is 3.96. The average Bonchev–Trinajstić information content (AvgIpc) is 2.33. The summed E-state index contributed by atoms with van der Waals surface area (Å²) in [6, 6.07) is 4.30.